The molecule has 0 bridgehead atoms. The van der Waals surface area contributed by atoms with Gasteiger partial charge in [-0.2, -0.15) is 0 Å². The number of ether oxygens (including phenoxy) is 2. The Kier molecular flexibility index (Phi) is 11.9. The van der Waals surface area contributed by atoms with Crippen LogP contribution in [-0.2, 0) is 32.0 Å². The first-order chi connectivity index (χ1) is 26.1. The molecule has 276 valence electrons. The van der Waals surface area contributed by atoms with Crippen LogP contribution in [0.25, 0.3) is 11.3 Å². The van der Waals surface area contributed by atoms with E-state index in [2.05, 4.69) is 26.4 Å². The lowest BCUT2D eigenvalue weighted by atomic mass is 9.85. The van der Waals surface area contributed by atoms with Crippen molar-refractivity contribution < 1.29 is 40.6 Å². The van der Waals surface area contributed by atoms with Crippen LogP contribution in [0.2, 0.25) is 0 Å². The van der Waals surface area contributed by atoms with Gasteiger partial charge >= 0.3 is 12.2 Å². The highest BCUT2D eigenvalue weighted by Crippen LogP contribution is 2.23. The van der Waals surface area contributed by atoms with E-state index in [1.54, 1.807) is 53.8 Å². The number of alkyl carbamates (subject to hydrolysis) is 2. The first-order valence-electron chi connectivity index (χ1n) is 18.9. The third-order valence-electron chi connectivity index (χ3n) is 7.88. The summed E-state index contributed by atoms with van der Waals surface area (Å²) in [6.45, 7) is 9.92. The van der Waals surface area contributed by atoms with Crippen molar-refractivity contribution in [2.24, 2.45) is 10.8 Å². The summed E-state index contributed by atoms with van der Waals surface area (Å²) in [5.74, 6) is -1.41. The van der Waals surface area contributed by atoms with Gasteiger partial charge in [-0.15, -0.1) is 0 Å². The van der Waals surface area contributed by atoms with E-state index in [4.69, 9.17) is 16.3 Å². The molecular formula is C38H52N6O7. The SMILES string of the molecule is [2H]c1c([2H])c([2H])c(C[C@H](NC(=O)[C@@H](NC(=O)OC)C(C)(C)C)[C@@H](O)CN(Cc2ccc(-c3ccccn3)cc2)NC(=O)[C@H](NC(=O)OC)C(C)(C)C)c([2H])c1[2H]. The summed E-state index contributed by atoms with van der Waals surface area (Å²) < 4.78 is 51.0. The molecule has 3 aromatic rings. The van der Waals surface area contributed by atoms with Crippen molar-refractivity contribution in [3.05, 3.63) is 90.0 Å². The molecule has 0 aliphatic carbocycles. The first kappa shape index (κ1) is 33.2. The molecule has 5 N–H and O–H groups in total. The monoisotopic (exact) mass is 709 g/mol. The average molecular weight is 710 g/mol. The maximum Gasteiger partial charge on any atom is 0.407 e. The maximum absolute atomic E-state index is 13.9. The number of pyridine rings is 1. The van der Waals surface area contributed by atoms with Gasteiger partial charge in [-0.1, -0.05) is 102 Å². The highest BCUT2D eigenvalue weighted by Gasteiger charge is 2.37. The lowest BCUT2D eigenvalue weighted by molar-refractivity contribution is -0.132. The maximum atomic E-state index is 13.9. The van der Waals surface area contributed by atoms with Crippen LogP contribution in [0.3, 0.4) is 0 Å². The predicted molar refractivity (Wildman–Crippen MR) is 194 cm³/mol. The van der Waals surface area contributed by atoms with E-state index in [9.17, 15) is 24.3 Å². The number of aliphatic hydroxyl groups is 1. The second-order valence-corrected chi connectivity index (χ2v) is 14.1. The summed E-state index contributed by atoms with van der Waals surface area (Å²) in [4.78, 5) is 56.7. The summed E-state index contributed by atoms with van der Waals surface area (Å²) in [6, 6.07) is 6.29. The molecule has 1 heterocycles. The number of carbonyl (C=O) groups is 4. The van der Waals surface area contributed by atoms with Crippen LogP contribution in [0.15, 0.2) is 78.9 Å². The van der Waals surface area contributed by atoms with Crippen molar-refractivity contribution in [2.75, 3.05) is 20.8 Å². The Morgan fingerprint density at radius 3 is 1.88 bits per heavy atom. The van der Waals surface area contributed by atoms with E-state index < -0.39 is 95.7 Å². The third kappa shape index (κ3) is 12.7. The zero-order valence-electron chi connectivity index (χ0n) is 35.3. The Morgan fingerprint density at radius 1 is 0.804 bits per heavy atom. The quantitative estimate of drug-likeness (QED) is 0.154. The van der Waals surface area contributed by atoms with Gasteiger partial charge in [0.1, 0.15) is 12.1 Å². The highest BCUT2D eigenvalue weighted by atomic mass is 16.5. The molecule has 0 unspecified atom stereocenters. The minimum Gasteiger partial charge on any atom is -0.453 e. The van der Waals surface area contributed by atoms with Gasteiger partial charge in [0.25, 0.3) is 5.91 Å². The summed E-state index contributed by atoms with van der Waals surface area (Å²) in [7, 11) is 2.30. The summed E-state index contributed by atoms with van der Waals surface area (Å²) >= 11 is 0. The number of nitrogens with zero attached hydrogens (tertiary/aromatic N) is 2. The van der Waals surface area contributed by atoms with E-state index in [0.717, 1.165) is 18.4 Å². The normalized spacial score (nSPS) is 15.4. The van der Waals surface area contributed by atoms with Crippen LogP contribution >= 0.6 is 0 Å². The molecule has 13 heteroatoms. The largest absolute Gasteiger partial charge is 0.453 e. The number of aliphatic hydroxyl groups excluding tert-OH is 1. The van der Waals surface area contributed by atoms with Crippen molar-refractivity contribution in [2.45, 2.75) is 78.7 Å². The Bertz CT molecular complexity index is 1830. The van der Waals surface area contributed by atoms with Gasteiger partial charge in [-0.3, -0.25) is 20.0 Å². The lowest BCUT2D eigenvalue weighted by Gasteiger charge is -2.35. The van der Waals surface area contributed by atoms with E-state index in [0.29, 0.717) is 5.56 Å². The number of carbonyl (C=O) groups excluding carboxylic acids is 4. The van der Waals surface area contributed by atoms with Crippen LogP contribution in [0.4, 0.5) is 9.59 Å². The Balaban J connectivity index is 2.09. The van der Waals surface area contributed by atoms with E-state index in [1.807, 2.05) is 36.4 Å². The number of benzene rings is 2. The van der Waals surface area contributed by atoms with Crippen molar-refractivity contribution in [1.29, 1.82) is 0 Å². The zero-order chi connectivity index (χ0) is 42.1. The molecule has 0 radical (unpaired) electrons. The third-order valence-corrected chi connectivity index (χ3v) is 7.88. The number of amides is 4. The van der Waals surface area contributed by atoms with Gasteiger partial charge in [0, 0.05) is 24.8 Å². The van der Waals surface area contributed by atoms with Crippen LogP contribution < -0.4 is 21.4 Å². The van der Waals surface area contributed by atoms with E-state index in [1.165, 1.54) is 12.1 Å². The molecule has 3 rings (SSSR count). The Labute approximate surface area is 307 Å². The fourth-order valence-corrected chi connectivity index (χ4v) is 5.11. The van der Waals surface area contributed by atoms with E-state index >= 15 is 0 Å². The minimum atomic E-state index is -1.58. The van der Waals surface area contributed by atoms with Gasteiger partial charge in [0.05, 0.1) is 38.9 Å². The van der Waals surface area contributed by atoms with Gasteiger partial charge in [0.2, 0.25) is 5.91 Å². The molecule has 0 aliphatic rings. The van der Waals surface area contributed by atoms with Gasteiger partial charge in [0.15, 0.2) is 0 Å². The number of aromatic nitrogens is 1. The van der Waals surface area contributed by atoms with Crippen LogP contribution in [0, 0.1) is 10.8 Å². The van der Waals surface area contributed by atoms with Crippen LogP contribution in [0.5, 0.6) is 0 Å². The first-order valence-corrected chi connectivity index (χ1v) is 16.4. The molecule has 1 aromatic heterocycles. The molecule has 0 fully saturated rings. The summed E-state index contributed by atoms with van der Waals surface area (Å²) in [5.41, 5.74) is 3.18. The zero-order valence-corrected chi connectivity index (χ0v) is 30.3. The molecule has 0 saturated heterocycles. The fraction of sp³-hybridized carbons (Fsp3) is 0.447. The van der Waals surface area contributed by atoms with Crippen LogP contribution in [0.1, 0.15) is 59.5 Å². The second kappa shape index (κ2) is 18.3. The fourth-order valence-electron chi connectivity index (χ4n) is 5.11. The van der Waals surface area contributed by atoms with E-state index in [-0.39, 0.29) is 18.7 Å². The van der Waals surface area contributed by atoms with Crippen LogP contribution in [-0.4, -0.2) is 84.1 Å². The Morgan fingerprint density at radius 2 is 1.37 bits per heavy atom. The summed E-state index contributed by atoms with van der Waals surface area (Å²) in [6.07, 6.45) is -2.07. The van der Waals surface area contributed by atoms with Gasteiger partial charge in [-0.25, -0.2) is 14.6 Å². The molecule has 0 aliphatic heterocycles. The molecule has 0 saturated carbocycles. The number of hydrogen-bond acceptors (Lipinski definition) is 9. The molecular weight excluding hydrogens is 652 g/mol. The number of hydrazine groups is 1. The number of methoxy groups -OCH3 is 2. The molecule has 4 atom stereocenters. The standard InChI is InChI=1S/C38H52N6O7/c1-37(2,3)31(41-35(48)50-7)33(46)40-29(22-25-14-10-9-11-15-25)30(45)24-44(43-34(47)32(38(4,5)6)42-36(49)51-8)23-26-17-19-27(20-18-26)28-16-12-13-21-39-28/h9-21,29-32,45H,22-24H2,1-8H3,(H,40,46)(H,41,48)(H,42,49)(H,43,47)/t29-,30-,31+,32-/m0/s1/i9D,10D,11D,14D,15D. The lowest BCUT2D eigenvalue weighted by Crippen LogP contribution is -2.60. The number of rotatable bonds is 14. The number of hydrogen-bond donors (Lipinski definition) is 5. The summed E-state index contributed by atoms with van der Waals surface area (Å²) in [5, 5.41) is 21.1. The predicted octanol–water partition coefficient (Wildman–Crippen LogP) is 4.21. The van der Waals surface area contributed by atoms with Crippen molar-refractivity contribution in [1.82, 2.24) is 31.4 Å². The highest BCUT2D eigenvalue weighted by molar-refractivity contribution is 5.87. The second-order valence-electron chi connectivity index (χ2n) is 14.1. The van der Waals surface area contributed by atoms with Gasteiger partial charge in [-0.05, 0) is 40.5 Å². The molecule has 51 heavy (non-hydrogen) atoms. The van der Waals surface area contributed by atoms with Gasteiger partial charge < -0.3 is 30.5 Å². The van der Waals surface area contributed by atoms with Crippen molar-refractivity contribution >= 4 is 24.0 Å². The molecule has 2 aromatic carbocycles. The minimum absolute atomic E-state index is 0.00420. The van der Waals surface area contributed by atoms with Crippen molar-refractivity contribution in [3.8, 4) is 11.3 Å². The molecule has 13 nitrogen and oxygen atoms in total. The Hall–Kier alpha value is -5.01. The topological polar surface area (TPSA) is 171 Å². The average Bonchev–Trinajstić information content (AvgIpc) is 3.14. The van der Waals surface area contributed by atoms with Crippen molar-refractivity contribution in [3.63, 3.8) is 0 Å². The smallest absolute Gasteiger partial charge is 0.407 e. The molecule has 4 amide bonds. The molecule has 0 spiro atoms. The number of nitrogens with one attached hydrogen (secondary N) is 4.